The highest BCUT2D eigenvalue weighted by atomic mass is 16.5. The van der Waals surface area contributed by atoms with Crippen LogP contribution in [0, 0.1) is 0 Å². The molecule has 0 aromatic rings. The average molecular weight is 171 g/mol. The second kappa shape index (κ2) is 5.14. The number of carbonyl (C=O) groups excluding carboxylic acids is 1. The average Bonchev–Trinajstić information content (AvgIpc) is 2.05. The van der Waals surface area contributed by atoms with Crippen LogP contribution in [0.15, 0.2) is 0 Å². The lowest BCUT2D eigenvalue weighted by molar-refractivity contribution is -0.119. The predicted molar refractivity (Wildman–Crippen MR) is 46.6 cm³/mol. The van der Waals surface area contributed by atoms with Gasteiger partial charge in [0.2, 0.25) is 5.91 Å². The number of nitrogens with two attached hydrogens (primary N) is 1. The smallest absolute Gasteiger partial charge is 0.219 e. The Balaban J connectivity index is 2.01. The lowest BCUT2D eigenvalue weighted by Gasteiger charge is -2.21. The van der Waals surface area contributed by atoms with E-state index in [2.05, 4.69) is 0 Å². The molecule has 1 saturated carbocycles. The van der Waals surface area contributed by atoms with E-state index >= 15 is 0 Å². The third kappa shape index (κ3) is 3.72. The van der Waals surface area contributed by atoms with Gasteiger partial charge in [-0.15, -0.1) is 0 Å². The number of rotatable bonds is 4. The van der Waals surface area contributed by atoms with Gasteiger partial charge in [-0.05, 0) is 12.8 Å². The predicted octanol–water partition coefficient (Wildman–Crippen LogP) is 1.21. The fraction of sp³-hybridized carbons (Fsp3) is 0.889. The van der Waals surface area contributed by atoms with Crippen molar-refractivity contribution < 1.29 is 9.53 Å². The molecule has 0 aromatic heterocycles. The van der Waals surface area contributed by atoms with Crippen LogP contribution >= 0.6 is 0 Å². The van der Waals surface area contributed by atoms with Crippen LogP contribution in [0.2, 0.25) is 0 Å². The van der Waals surface area contributed by atoms with Gasteiger partial charge in [-0.25, -0.2) is 0 Å². The van der Waals surface area contributed by atoms with Crippen molar-refractivity contribution in [2.24, 2.45) is 5.73 Å². The SMILES string of the molecule is NC(=O)CCOC1CCCCC1. The minimum atomic E-state index is -0.272. The van der Waals surface area contributed by atoms with Crippen molar-refractivity contribution in [2.45, 2.75) is 44.6 Å². The lowest BCUT2D eigenvalue weighted by Crippen LogP contribution is -2.20. The van der Waals surface area contributed by atoms with Gasteiger partial charge in [0.15, 0.2) is 0 Å². The van der Waals surface area contributed by atoms with Gasteiger partial charge in [0.05, 0.1) is 12.7 Å². The Morgan fingerprint density at radius 3 is 2.58 bits per heavy atom. The first kappa shape index (κ1) is 9.52. The molecule has 1 aliphatic carbocycles. The first-order valence-corrected chi connectivity index (χ1v) is 4.69. The standard InChI is InChI=1S/C9H17NO2/c10-9(11)6-7-12-8-4-2-1-3-5-8/h8H,1-7H2,(H2,10,11). The minimum Gasteiger partial charge on any atom is -0.378 e. The van der Waals surface area contributed by atoms with E-state index in [4.69, 9.17) is 10.5 Å². The highest BCUT2D eigenvalue weighted by Gasteiger charge is 2.13. The van der Waals surface area contributed by atoms with Crippen LogP contribution in [0.5, 0.6) is 0 Å². The zero-order valence-corrected chi connectivity index (χ0v) is 7.42. The molecule has 0 aliphatic heterocycles. The largest absolute Gasteiger partial charge is 0.378 e. The molecule has 0 unspecified atom stereocenters. The number of amides is 1. The quantitative estimate of drug-likeness (QED) is 0.691. The molecule has 0 saturated heterocycles. The topological polar surface area (TPSA) is 52.3 Å². The molecule has 0 atom stereocenters. The molecule has 0 spiro atoms. The van der Waals surface area contributed by atoms with Crippen LogP contribution in [0.3, 0.4) is 0 Å². The van der Waals surface area contributed by atoms with Gasteiger partial charge in [-0.3, -0.25) is 4.79 Å². The Kier molecular flexibility index (Phi) is 4.08. The van der Waals surface area contributed by atoms with Crippen molar-refractivity contribution in [3.05, 3.63) is 0 Å². The molecule has 1 fully saturated rings. The molecule has 0 aromatic carbocycles. The van der Waals surface area contributed by atoms with E-state index in [1.807, 2.05) is 0 Å². The molecular weight excluding hydrogens is 154 g/mol. The zero-order valence-electron chi connectivity index (χ0n) is 7.42. The summed E-state index contributed by atoms with van der Waals surface area (Å²) in [6.45, 7) is 0.500. The van der Waals surface area contributed by atoms with E-state index in [9.17, 15) is 4.79 Å². The Hall–Kier alpha value is -0.570. The molecule has 12 heavy (non-hydrogen) atoms. The van der Waals surface area contributed by atoms with Gasteiger partial charge in [0, 0.05) is 6.42 Å². The summed E-state index contributed by atoms with van der Waals surface area (Å²) < 4.78 is 5.49. The first-order valence-electron chi connectivity index (χ1n) is 4.69. The summed E-state index contributed by atoms with van der Waals surface area (Å²) in [6.07, 6.45) is 6.91. The Labute approximate surface area is 73.3 Å². The normalized spacial score (nSPS) is 19.3. The van der Waals surface area contributed by atoms with E-state index in [0.29, 0.717) is 19.1 Å². The first-order chi connectivity index (χ1) is 5.79. The summed E-state index contributed by atoms with van der Waals surface area (Å²) >= 11 is 0. The van der Waals surface area contributed by atoms with Gasteiger partial charge >= 0.3 is 0 Å². The summed E-state index contributed by atoms with van der Waals surface area (Å²) in [7, 11) is 0. The number of primary amides is 1. The molecule has 1 rings (SSSR count). The second-order valence-electron chi connectivity index (χ2n) is 3.35. The van der Waals surface area contributed by atoms with Crippen molar-refractivity contribution in [2.75, 3.05) is 6.61 Å². The number of hydrogen-bond donors (Lipinski definition) is 1. The van der Waals surface area contributed by atoms with Crippen LogP contribution in [0.4, 0.5) is 0 Å². The molecule has 1 amide bonds. The van der Waals surface area contributed by atoms with E-state index < -0.39 is 0 Å². The van der Waals surface area contributed by atoms with Crippen LogP contribution < -0.4 is 5.73 Å². The molecule has 2 N–H and O–H groups in total. The summed E-state index contributed by atoms with van der Waals surface area (Å²) in [6, 6.07) is 0. The van der Waals surface area contributed by atoms with Crippen LogP contribution in [-0.4, -0.2) is 18.6 Å². The van der Waals surface area contributed by atoms with Crippen molar-refractivity contribution in [3.8, 4) is 0 Å². The van der Waals surface area contributed by atoms with Gasteiger partial charge < -0.3 is 10.5 Å². The van der Waals surface area contributed by atoms with E-state index in [-0.39, 0.29) is 5.91 Å². The Morgan fingerprint density at radius 1 is 1.33 bits per heavy atom. The summed E-state index contributed by atoms with van der Waals surface area (Å²) in [5.41, 5.74) is 4.99. The molecule has 1 aliphatic rings. The van der Waals surface area contributed by atoms with Crippen LogP contribution in [0.25, 0.3) is 0 Å². The van der Waals surface area contributed by atoms with Gasteiger partial charge in [-0.1, -0.05) is 19.3 Å². The third-order valence-electron chi connectivity index (χ3n) is 2.25. The van der Waals surface area contributed by atoms with Crippen molar-refractivity contribution >= 4 is 5.91 Å². The molecule has 0 bridgehead atoms. The molecule has 3 heteroatoms. The highest BCUT2D eigenvalue weighted by Crippen LogP contribution is 2.20. The lowest BCUT2D eigenvalue weighted by atomic mass is 9.98. The molecular formula is C9H17NO2. The van der Waals surface area contributed by atoms with Gasteiger partial charge in [0.1, 0.15) is 0 Å². The molecule has 0 heterocycles. The number of hydrogen-bond acceptors (Lipinski definition) is 2. The minimum absolute atomic E-state index is 0.272. The van der Waals surface area contributed by atoms with Gasteiger partial charge in [-0.2, -0.15) is 0 Å². The number of ether oxygens (including phenoxy) is 1. The van der Waals surface area contributed by atoms with Crippen molar-refractivity contribution in [3.63, 3.8) is 0 Å². The summed E-state index contributed by atoms with van der Waals surface area (Å²) in [5, 5.41) is 0. The van der Waals surface area contributed by atoms with E-state index in [0.717, 1.165) is 12.8 Å². The van der Waals surface area contributed by atoms with Crippen molar-refractivity contribution in [1.82, 2.24) is 0 Å². The second-order valence-corrected chi connectivity index (χ2v) is 3.35. The Bertz CT molecular complexity index is 141. The van der Waals surface area contributed by atoms with Crippen LogP contribution in [-0.2, 0) is 9.53 Å². The molecule has 70 valence electrons. The summed E-state index contributed by atoms with van der Waals surface area (Å²) in [4.78, 5) is 10.4. The van der Waals surface area contributed by atoms with E-state index in [1.165, 1.54) is 19.3 Å². The fourth-order valence-electron chi connectivity index (χ4n) is 1.56. The van der Waals surface area contributed by atoms with E-state index in [1.54, 1.807) is 0 Å². The van der Waals surface area contributed by atoms with Crippen molar-refractivity contribution in [1.29, 1.82) is 0 Å². The molecule has 3 nitrogen and oxygen atoms in total. The highest BCUT2D eigenvalue weighted by molar-refractivity contribution is 5.73. The number of carbonyl (C=O) groups is 1. The maximum absolute atomic E-state index is 10.4. The van der Waals surface area contributed by atoms with Gasteiger partial charge in [0.25, 0.3) is 0 Å². The maximum Gasteiger partial charge on any atom is 0.219 e. The summed E-state index contributed by atoms with van der Waals surface area (Å²) in [5.74, 6) is -0.272. The zero-order chi connectivity index (χ0) is 8.81. The third-order valence-corrected chi connectivity index (χ3v) is 2.25. The molecule has 0 radical (unpaired) electrons. The van der Waals surface area contributed by atoms with Crippen LogP contribution in [0.1, 0.15) is 38.5 Å². The fourth-order valence-corrected chi connectivity index (χ4v) is 1.56. The monoisotopic (exact) mass is 171 g/mol. The Morgan fingerprint density at radius 2 is 2.00 bits per heavy atom. The maximum atomic E-state index is 10.4.